The zero-order valence-corrected chi connectivity index (χ0v) is 6.17. The summed E-state index contributed by atoms with van der Waals surface area (Å²) in [5, 5.41) is 3.38. The number of hydrogen-bond donors (Lipinski definition) is 3. The summed E-state index contributed by atoms with van der Waals surface area (Å²) in [5.41, 5.74) is 0. The molecule has 0 aromatic heterocycles. The highest BCUT2D eigenvalue weighted by atomic mass is 32.1. The summed E-state index contributed by atoms with van der Waals surface area (Å²) in [6, 6.07) is 0. The molecule has 0 radical (unpaired) electrons. The number of hydrogen-bond acceptors (Lipinski definition) is 3. The molecule has 1 unspecified atom stereocenters. The van der Waals surface area contributed by atoms with Crippen LogP contribution in [0.5, 0.6) is 0 Å². The second-order valence-corrected chi connectivity index (χ2v) is 2.58. The number of thiol groups is 2. The van der Waals surface area contributed by atoms with Crippen molar-refractivity contribution in [3.05, 3.63) is 0 Å². The van der Waals surface area contributed by atoms with Crippen molar-refractivity contribution in [2.75, 3.05) is 12.3 Å². The minimum absolute atomic E-state index is 0.298. The third kappa shape index (κ3) is 6.66. The molecule has 0 aromatic carbocycles. The monoisotopic (exact) mass is 137 g/mol. The Morgan fingerprint density at radius 3 is 2.43 bits per heavy atom. The molecule has 0 fully saturated rings. The average Bonchev–Trinajstić information content (AvgIpc) is 1.61. The zero-order valence-electron chi connectivity index (χ0n) is 4.39. The third-order valence-electron chi connectivity index (χ3n) is 0.552. The summed E-state index contributed by atoms with van der Waals surface area (Å²) in [4.78, 5) is 0. The molecule has 0 heterocycles. The molecule has 0 bridgehead atoms. The van der Waals surface area contributed by atoms with Gasteiger partial charge in [-0.3, -0.25) is 0 Å². The first-order chi connectivity index (χ1) is 3.27. The van der Waals surface area contributed by atoms with Gasteiger partial charge in [0.25, 0.3) is 0 Å². The van der Waals surface area contributed by atoms with E-state index in [1.165, 1.54) is 0 Å². The van der Waals surface area contributed by atoms with Gasteiger partial charge in [-0.1, -0.05) is 0 Å². The maximum Gasteiger partial charge on any atom is 0.0474 e. The summed E-state index contributed by atoms with van der Waals surface area (Å²) < 4.78 is 0. The molecule has 0 saturated carbocycles. The van der Waals surface area contributed by atoms with Crippen molar-refractivity contribution in [3.8, 4) is 0 Å². The molecule has 0 amide bonds. The molecular formula is C4H11NS2. The summed E-state index contributed by atoms with van der Waals surface area (Å²) in [6.45, 7) is 2.93. The highest BCUT2D eigenvalue weighted by Crippen LogP contribution is 1.83. The van der Waals surface area contributed by atoms with Gasteiger partial charge in [0.1, 0.15) is 0 Å². The predicted molar refractivity (Wildman–Crippen MR) is 40.3 cm³/mol. The average molecular weight is 137 g/mol. The molecule has 1 nitrogen and oxygen atoms in total. The van der Waals surface area contributed by atoms with Crippen molar-refractivity contribution in [1.29, 1.82) is 0 Å². The van der Waals surface area contributed by atoms with Crippen molar-refractivity contribution in [2.24, 2.45) is 0 Å². The Morgan fingerprint density at radius 1 is 1.71 bits per heavy atom. The quantitative estimate of drug-likeness (QED) is 0.386. The van der Waals surface area contributed by atoms with Crippen LogP contribution in [0.2, 0.25) is 0 Å². The Bertz CT molecular complexity index is 38.7. The van der Waals surface area contributed by atoms with Crippen LogP contribution in [-0.2, 0) is 0 Å². The van der Waals surface area contributed by atoms with E-state index in [9.17, 15) is 0 Å². The zero-order chi connectivity index (χ0) is 5.70. The molecule has 0 aliphatic carbocycles. The Hall–Kier alpha value is 0.660. The molecule has 0 spiro atoms. The Labute approximate surface area is 55.7 Å². The van der Waals surface area contributed by atoms with Crippen LogP contribution >= 0.6 is 25.3 Å². The van der Waals surface area contributed by atoms with Gasteiger partial charge in [-0.15, -0.1) is 0 Å². The molecule has 0 rings (SSSR count). The van der Waals surface area contributed by atoms with E-state index in [0.29, 0.717) is 5.37 Å². The molecule has 0 aliphatic rings. The fourth-order valence-electron chi connectivity index (χ4n) is 0.273. The van der Waals surface area contributed by atoms with E-state index in [2.05, 4.69) is 30.6 Å². The van der Waals surface area contributed by atoms with Gasteiger partial charge in [0.2, 0.25) is 0 Å². The smallest absolute Gasteiger partial charge is 0.0474 e. The Morgan fingerprint density at radius 2 is 2.29 bits per heavy atom. The highest BCUT2D eigenvalue weighted by molar-refractivity contribution is 7.81. The largest absolute Gasteiger partial charge is 0.305 e. The van der Waals surface area contributed by atoms with Crippen molar-refractivity contribution >= 4 is 25.3 Å². The van der Waals surface area contributed by atoms with Crippen LogP contribution in [0, 0.1) is 0 Å². The lowest BCUT2D eigenvalue weighted by atomic mass is 10.6. The lowest BCUT2D eigenvalue weighted by Gasteiger charge is -2.02. The predicted octanol–water partition coefficient (Wildman–Crippen LogP) is 0.782. The SMILES string of the molecule is CC(S)NCCS. The summed E-state index contributed by atoms with van der Waals surface area (Å²) >= 11 is 8.09. The van der Waals surface area contributed by atoms with Gasteiger partial charge < -0.3 is 5.32 Å². The van der Waals surface area contributed by atoms with Crippen molar-refractivity contribution in [1.82, 2.24) is 5.32 Å². The molecule has 3 heteroatoms. The van der Waals surface area contributed by atoms with Crippen LogP contribution < -0.4 is 5.32 Å². The standard InChI is InChI=1S/C4H11NS2/c1-4(7)5-2-3-6/h4-7H,2-3H2,1H3. The molecular weight excluding hydrogens is 126 g/mol. The fraction of sp³-hybridized carbons (Fsp3) is 1.00. The van der Waals surface area contributed by atoms with Gasteiger partial charge in [-0.25, -0.2) is 0 Å². The molecule has 1 atom stereocenters. The molecule has 0 aromatic rings. The maximum absolute atomic E-state index is 4.09. The molecule has 7 heavy (non-hydrogen) atoms. The minimum Gasteiger partial charge on any atom is -0.305 e. The second kappa shape index (κ2) is 4.81. The van der Waals surface area contributed by atoms with E-state index in [-0.39, 0.29) is 0 Å². The normalized spacial score (nSPS) is 14.1. The first-order valence-corrected chi connectivity index (χ1v) is 3.44. The minimum atomic E-state index is 0.298. The Kier molecular flexibility index (Phi) is 5.26. The van der Waals surface area contributed by atoms with Gasteiger partial charge in [0.15, 0.2) is 0 Å². The number of rotatable bonds is 3. The van der Waals surface area contributed by atoms with Crippen LogP contribution in [0.4, 0.5) is 0 Å². The van der Waals surface area contributed by atoms with Crippen molar-refractivity contribution in [2.45, 2.75) is 12.3 Å². The molecule has 1 N–H and O–H groups in total. The topological polar surface area (TPSA) is 12.0 Å². The van der Waals surface area contributed by atoms with E-state index < -0.39 is 0 Å². The van der Waals surface area contributed by atoms with Crippen molar-refractivity contribution < 1.29 is 0 Å². The molecule has 0 aliphatic heterocycles. The summed E-state index contributed by atoms with van der Waals surface area (Å²) in [7, 11) is 0. The number of nitrogens with one attached hydrogen (secondary N) is 1. The van der Waals surface area contributed by atoms with E-state index in [4.69, 9.17) is 0 Å². The van der Waals surface area contributed by atoms with E-state index in [0.717, 1.165) is 12.3 Å². The second-order valence-electron chi connectivity index (χ2n) is 1.35. The lowest BCUT2D eigenvalue weighted by Crippen LogP contribution is -2.22. The van der Waals surface area contributed by atoms with Crippen LogP contribution in [0.15, 0.2) is 0 Å². The maximum atomic E-state index is 4.09. The third-order valence-corrected chi connectivity index (χ3v) is 0.958. The first-order valence-electron chi connectivity index (χ1n) is 2.29. The van der Waals surface area contributed by atoms with E-state index >= 15 is 0 Å². The fourth-order valence-corrected chi connectivity index (χ4v) is 0.532. The van der Waals surface area contributed by atoms with Crippen LogP contribution in [0.25, 0.3) is 0 Å². The van der Waals surface area contributed by atoms with Gasteiger partial charge in [-0.2, -0.15) is 25.3 Å². The van der Waals surface area contributed by atoms with Crippen LogP contribution in [0.3, 0.4) is 0 Å². The van der Waals surface area contributed by atoms with Crippen molar-refractivity contribution in [3.63, 3.8) is 0 Å². The van der Waals surface area contributed by atoms with Gasteiger partial charge in [0, 0.05) is 17.7 Å². The first kappa shape index (κ1) is 7.66. The molecule has 0 saturated heterocycles. The van der Waals surface area contributed by atoms with Crippen LogP contribution in [0.1, 0.15) is 6.92 Å². The van der Waals surface area contributed by atoms with E-state index in [1.54, 1.807) is 0 Å². The molecule has 44 valence electrons. The lowest BCUT2D eigenvalue weighted by molar-refractivity contribution is 0.730. The Balaban J connectivity index is 2.68. The summed E-state index contributed by atoms with van der Waals surface area (Å²) in [6.07, 6.45) is 0. The van der Waals surface area contributed by atoms with Crippen LogP contribution in [-0.4, -0.2) is 17.7 Å². The van der Waals surface area contributed by atoms with E-state index in [1.807, 2.05) is 6.92 Å². The van der Waals surface area contributed by atoms with Gasteiger partial charge in [-0.05, 0) is 6.92 Å². The highest BCUT2D eigenvalue weighted by Gasteiger charge is 1.86. The summed E-state index contributed by atoms with van der Waals surface area (Å²) in [5.74, 6) is 0.880. The van der Waals surface area contributed by atoms with Gasteiger partial charge >= 0.3 is 0 Å². The van der Waals surface area contributed by atoms with Gasteiger partial charge in [0.05, 0.1) is 0 Å².